The molecule has 1 aromatic carbocycles. The number of carbonyl (C=O) groups excluding carboxylic acids is 1. The van der Waals surface area contributed by atoms with E-state index in [9.17, 15) is 14.7 Å². The molecule has 132 valence electrons. The maximum absolute atomic E-state index is 12.3. The number of carbonyl (C=O) groups is 1. The Bertz CT molecular complexity index is 1000. The number of furan rings is 1. The predicted octanol–water partition coefficient (Wildman–Crippen LogP) is 1.17. The highest BCUT2D eigenvalue weighted by Crippen LogP contribution is 2.28. The Morgan fingerprint density at radius 1 is 1.24 bits per heavy atom. The summed E-state index contributed by atoms with van der Waals surface area (Å²) in [6.45, 7) is 3.16. The zero-order valence-corrected chi connectivity index (χ0v) is 14.0. The summed E-state index contributed by atoms with van der Waals surface area (Å²) in [7, 11) is 0. The van der Waals surface area contributed by atoms with Gasteiger partial charge in [-0.25, -0.2) is 4.79 Å². The maximum Gasteiger partial charge on any atom is 0.340 e. The second-order valence-electron chi connectivity index (χ2n) is 6.07. The summed E-state index contributed by atoms with van der Waals surface area (Å²) in [5.41, 5.74) is 2.38. The molecule has 2 aromatic heterocycles. The summed E-state index contributed by atoms with van der Waals surface area (Å²) in [6, 6.07) is 3.56. The Morgan fingerprint density at radius 2 is 2.00 bits per heavy atom. The first-order chi connectivity index (χ1) is 11.9. The Kier molecular flexibility index (Phi) is 4.61. The Morgan fingerprint density at radius 3 is 2.72 bits per heavy atom. The van der Waals surface area contributed by atoms with E-state index in [1.54, 1.807) is 19.3 Å². The lowest BCUT2D eigenvalue weighted by Crippen LogP contribution is -2.35. The first-order valence-corrected chi connectivity index (χ1v) is 7.90. The van der Waals surface area contributed by atoms with E-state index in [4.69, 9.17) is 13.9 Å². The van der Waals surface area contributed by atoms with Gasteiger partial charge in [-0.1, -0.05) is 0 Å². The summed E-state index contributed by atoms with van der Waals surface area (Å²) in [4.78, 5) is 24.3. The van der Waals surface area contributed by atoms with E-state index in [-0.39, 0.29) is 18.5 Å². The van der Waals surface area contributed by atoms with Crippen molar-refractivity contribution in [2.75, 3.05) is 13.2 Å². The fourth-order valence-corrected chi connectivity index (χ4v) is 2.76. The van der Waals surface area contributed by atoms with Crippen LogP contribution in [0.1, 0.15) is 16.7 Å². The van der Waals surface area contributed by atoms with Crippen LogP contribution in [0.2, 0.25) is 0 Å². The molecule has 1 unspecified atom stereocenters. The van der Waals surface area contributed by atoms with E-state index in [2.05, 4.69) is 5.32 Å². The van der Waals surface area contributed by atoms with Gasteiger partial charge < -0.3 is 24.4 Å². The molecule has 0 saturated heterocycles. The van der Waals surface area contributed by atoms with Crippen molar-refractivity contribution in [2.24, 2.45) is 0 Å². The normalized spacial score (nSPS) is 12.6. The first kappa shape index (κ1) is 17.2. The van der Waals surface area contributed by atoms with Gasteiger partial charge in [0.2, 0.25) is 5.91 Å². The molecule has 3 rings (SSSR count). The summed E-state index contributed by atoms with van der Waals surface area (Å²) in [5, 5.41) is 22.2. The van der Waals surface area contributed by atoms with Gasteiger partial charge in [0.1, 0.15) is 11.2 Å². The van der Waals surface area contributed by atoms with Crippen LogP contribution in [0.25, 0.3) is 21.9 Å². The van der Waals surface area contributed by atoms with Gasteiger partial charge in [0.15, 0.2) is 0 Å². The molecule has 7 heteroatoms. The molecule has 0 bridgehead atoms. The quantitative estimate of drug-likeness (QED) is 0.598. The molecule has 0 aliphatic rings. The largest absolute Gasteiger partial charge is 0.464 e. The molecule has 3 N–H and O–H groups in total. The number of aliphatic hydroxyl groups excluding tert-OH is 2. The molecule has 0 aliphatic carbocycles. The standard InChI is InChI=1S/C18H19NO6/c1-9-8-24-15-5-16-13(3-12(9)15)10(2)14(18(23)25-16)4-17(22)19-6-11(21)7-20/h3,5,8,11,20-21H,4,6-7H2,1-2H3,(H,19,22). The molecule has 0 fully saturated rings. The molecule has 1 amide bonds. The minimum Gasteiger partial charge on any atom is -0.464 e. The number of nitrogens with one attached hydrogen (secondary N) is 1. The van der Waals surface area contributed by atoms with Crippen molar-refractivity contribution in [3.8, 4) is 0 Å². The second kappa shape index (κ2) is 6.70. The fraction of sp³-hybridized carbons (Fsp3) is 0.333. The van der Waals surface area contributed by atoms with Crippen LogP contribution in [0.15, 0.2) is 32.0 Å². The van der Waals surface area contributed by atoms with Crippen molar-refractivity contribution >= 4 is 27.8 Å². The molecule has 7 nitrogen and oxygen atoms in total. The zero-order valence-electron chi connectivity index (χ0n) is 14.0. The Hall–Kier alpha value is -2.64. The third kappa shape index (κ3) is 3.29. The van der Waals surface area contributed by atoms with E-state index in [0.29, 0.717) is 16.7 Å². The molecule has 25 heavy (non-hydrogen) atoms. The average molecular weight is 345 g/mol. The number of fused-ring (bicyclic) bond motifs is 2. The summed E-state index contributed by atoms with van der Waals surface area (Å²) >= 11 is 0. The van der Waals surface area contributed by atoms with Crippen LogP contribution < -0.4 is 10.9 Å². The number of amides is 1. The van der Waals surface area contributed by atoms with Crippen molar-refractivity contribution in [1.82, 2.24) is 5.32 Å². The van der Waals surface area contributed by atoms with E-state index < -0.39 is 24.2 Å². The lowest BCUT2D eigenvalue weighted by Gasteiger charge is -2.10. The van der Waals surface area contributed by atoms with Crippen molar-refractivity contribution in [1.29, 1.82) is 0 Å². The van der Waals surface area contributed by atoms with Crippen molar-refractivity contribution < 1.29 is 23.8 Å². The highest BCUT2D eigenvalue weighted by Gasteiger charge is 2.17. The molecular formula is C18H19NO6. The van der Waals surface area contributed by atoms with Crippen LogP contribution in [-0.2, 0) is 11.2 Å². The number of rotatable bonds is 5. The van der Waals surface area contributed by atoms with Crippen molar-refractivity contribution in [2.45, 2.75) is 26.4 Å². The lowest BCUT2D eigenvalue weighted by molar-refractivity contribution is -0.121. The average Bonchev–Trinajstić information content (AvgIpc) is 2.95. The van der Waals surface area contributed by atoms with Crippen molar-refractivity contribution in [3.05, 3.63) is 45.5 Å². The van der Waals surface area contributed by atoms with Crippen molar-refractivity contribution in [3.63, 3.8) is 0 Å². The van der Waals surface area contributed by atoms with E-state index in [1.807, 2.05) is 13.0 Å². The van der Waals surface area contributed by atoms with Crippen LogP contribution in [0.5, 0.6) is 0 Å². The minimum absolute atomic E-state index is 0.0812. The first-order valence-electron chi connectivity index (χ1n) is 7.90. The molecule has 2 heterocycles. The van der Waals surface area contributed by atoms with Crippen LogP contribution in [0, 0.1) is 13.8 Å². The smallest absolute Gasteiger partial charge is 0.340 e. The number of aliphatic hydroxyl groups is 2. The SMILES string of the molecule is Cc1coc2cc3oc(=O)c(CC(=O)NCC(O)CO)c(C)c3cc12. The van der Waals surface area contributed by atoms with Crippen LogP contribution in [0.3, 0.4) is 0 Å². The molecular weight excluding hydrogens is 326 g/mol. The Balaban J connectivity index is 1.98. The molecule has 3 aromatic rings. The molecule has 0 aliphatic heterocycles. The third-order valence-electron chi connectivity index (χ3n) is 4.26. The van der Waals surface area contributed by atoms with Gasteiger partial charge in [0.25, 0.3) is 0 Å². The monoisotopic (exact) mass is 345 g/mol. The summed E-state index contributed by atoms with van der Waals surface area (Å²) in [5.74, 6) is -0.428. The molecule has 0 radical (unpaired) electrons. The number of hydrogen-bond donors (Lipinski definition) is 3. The van der Waals surface area contributed by atoms with Crippen LogP contribution >= 0.6 is 0 Å². The summed E-state index contributed by atoms with van der Waals surface area (Å²) in [6.07, 6.45) is 0.443. The minimum atomic E-state index is -1.03. The van der Waals surface area contributed by atoms with Gasteiger partial charge in [0.05, 0.1) is 31.0 Å². The topological polar surface area (TPSA) is 113 Å². The van der Waals surface area contributed by atoms with Crippen LogP contribution in [0.4, 0.5) is 0 Å². The van der Waals surface area contributed by atoms with E-state index in [1.165, 1.54) is 0 Å². The predicted molar refractivity (Wildman–Crippen MR) is 91.5 cm³/mol. The fourth-order valence-electron chi connectivity index (χ4n) is 2.76. The number of benzene rings is 1. The summed E-state index contributed by atoms with van der Waals surface area (Å²) < 4.78 is 10.8. The zero-order chi connectivity index (χ0) is 18.1. The van der Waals surface area contributed by atoms with E-state index >= 15 is 0 Å². The molecule has 0 spiro atoms. The highest BCUT2D eigenvalue weighted by molar-refractivity contribution is 5.96. The van der Waals surface area contributed by atoms with Gasteiger partial charge in [-0.15, -0.1) is 0 Å². The molecule has 1 atom stereocenters. The van der Waals surface area contributed by atoms with Gasteiger partial charge in [0, 0.05) is 23.4 Å². The Labute approximate surface area is 142 Å². The third-order valence-corrected chi connectivity index (χ3v) is 4.26. The van der Waals surface area contributed by atoms with Gasteiger partial charge in [-0.2, -0.15) is 0 Å². The molecule has 0 saturated carbocycles. The van der Waals surface area contributed by atoms with E-state index in [0.717, 1.165) is 16.3 Å². The second-order valence-corrected chi connectivity index (χ2v) is 6.07. The van der Waals surface area contributed by atoms with Gasteiger partial charge >= 0.3 is 5.63 Å². The van der Waals surface area contributed by atoms with Gasteiger partial charge in [-0.05, 0) is 31.0 Å². The van der Waals surface area contributed by atoms with Gasteiger partial charge in [-0.3, -0.25) is 4.79 Å². The number of hydrogen-bond acceptors (Lipinski definition) is 6. The lowest BCUT2D eigenvalue weighted by atomic mass is 10.0. The van der Waals surface area contributed by atoms with Crippen LogP contribution in [-0.4, -0.2) is 35.4 Å². The highest BCUT2D eigenvalue weighted by atomic mass is 16.4. The number of aryl methyl sites for hydroxylation is 2. The maximum atomic E-state index is 12.3.